The molecule has 2 rings (SSSR count). The maximum Gasteiger partial charge on any atom is 0.240 e. The molecule has 0 heterocycles. The third kappa shape index (κ3) is 5.06. The maximum absolute atomic E-state index is 13.6. The molecule has 0 aliphatic rings. The van der Waals surface area contributed by atoms with E-state index in [4.69, 9.17) is 0 Å². The van der Waals surface area contributed by atoms with E-state index in [2.05, 4.69) is 4.72 Å². The van der Waals surface area contributed by atoms with Gasteiger partial charge in [-0.3, -0.25) is 4.79 Å². The second-order valence-electron chi connectivity index (χ2n) is 5.56. The molecule has 0 aliphatic heterocycles. The minimum Gasteiger partial charge on any atom is -0.341 e. The number of amides is 1. The Balaban J connectivity index is 1.90. The third-order valence-electron chi connectivity index (χ3n) is 3.62. The molecule has 2 aromatic carbocycles. The predicted molar refractivity (Wildman–Crippen MR) is 89.0 cm³/mol. The summed E-state index contributed by atoms with van der Waals surface area (Å²) in [5.74, 6) is -3.28. The van der Waals surface area contributed by atoms with E-state index < -0.39 is 38.3 Å². The van der Waals surface area contributed by atoms with Crippen molar-refractivity contribution in [3.63, 3.8) is 0 Å². The van der Waals surface area contributed by atoms with Crippen LogP contribution >= 0.6 is 0 Å². The lowest BCUT2D eigenvalue weighted by Crippen LogP contribution is -2.32. The molecule has 0 bridgehead atoms. The predicted octanol–water partition coefficient (Wildman–Crippen LogP) is 2.43. The van der Waals surface area contributed by atoms with Gasteiger partial charge in [-0.15, -0.1) is 0 Å². The van der Waals surface area contributed by atoms with Gasteiger partial charge in [0.25, 0.3) is 0 Å². The van der Waals surface area contributed by atoms with Crippen LogP contribution in [0.3, 0.4) is 0 Å². The molecule has 1 N–H and O–H groups in total. The normalized spacial score (nSPS) is 11.4. The lowest BCUT2D eigenvalue weighted by atomic mass is 10.2. The molecular weight excluding hydrogens is 369 g/mol. The van der Waals surface area contributed by atoms with Crippen LogP contribution in [-0.2, 0) is 21.4 Å². The van der Waals surface area contributed by atoms with Gasteiger partial charge in [-0.1, -0.05) is 18.2 Å². The largest absolute Gasteiger partial charge is 0.341 e. The van der Waals surface area contributed by atoms with Crippen LogP contribution in [0, 0.1) is 17.5 Å². The average Bonchev–Trinajstić information content (AvgIpc) is 2.59. The minimum absolute atomic E-state index is 0.0431. The van der Waals surface area contributed by atoms with Crippen LogP contribution in [-0.4, -0.2) is 32.8 Å². The smallest absolute Gasteiger partial charge is 0.240 e. The highest BCUT2D eigenvalue weighted by atomic mass is 32.2. The summed E-state index contributed by atoms with van der Waals surface area (Å²) in [6.45, 7) is -0.191. The molecule has 0 aliphatic carbocycles. The average molecular weight is 386 g/mol. The summed E-state index contributed by atoms with van der Waals surface area (Å²) in [6, 6.07) is 8.20. The number of halogens is 3. The SMILES string of the molecule is CN(Cc1ccccc1F)C(=O)CCNS(=O)(=O)c1ccc(F)c(F)c1. The van der Waals surface area contributed by atoms with E-state index in [-0.39, 0.29) is 19.5 Å². The van der Waals surface area contributed by atoms with E-state index in [0.29, 0.717) is 17.7 Å². The summed E-state index contributed by atoms with van der Waals surface area (Å²) in [7, 11) is -2.60. The number of carbonyl (C=O) groups excluding carboxylic acids is 1. The number of sulfonamides is 1. The van der Waals surface area contributed by atoms with Crippen molar-refractivity contribution >= 4 is 15.9 Å². The Kier molecular flexibility index (Phi) is 6.38. The standard InChI is InChI=1S/C17H17F3N2O3S/c1-22(11-12-4-2-3-5-14(12)18)17(23)8-9-21-26(24,25)13-6-7-15(19)16(20)10-13/h2-7,10,21H,8-9,11H2,1H3. The molecule has 140 valence electrons. The number of carbonyl (C=O) groups is 1. The van der Waals surface area contributed by atoms with Gasteiger partial charge in [-0.2, -0.15) is 0 Å². The van der Waals surface area contributed by atoms with Gasteiger partial charge < -0.3 is 4.90 Å². The Bertz CT molecular complexity index is 904. The van der Waals surface area contributed by atoms with Gasteiger partial charge in [-0.25, -0.2) is 26.3 Å². The summed E-state index contributed by atoms with van der Waals surface area (Å²) in [6.07, 6.45) is -0.173. The van der Waals surface area contributed by atoms with Gasteiger partial charge in [0.05, 0.1) is 4.90 Å². The topological polar surface area (TPSA) is 66.5 Å². The Morgan fingerprint density at radius 1 is 1.04 bits per heavy atom. The zero-order valence-electron chi connectivity index (χ0n) is 13.9. The van der Waals surface area contributed by atoms with Gasteiger partial charge in [-0.05, 0) is 24.3 Å². The molecule has 0 fully saturated rings. The van der Waals surface area contributed by atoms with E-state index in [9.17, 15) is 26.4 Å². The lowest BCUT2D eigenvalue weighted by Gasteiger charge is -2.18. The van der Waals surface area contributed by atoms with E-state index in [1.165, 1.54) is 24.1 Å². The van der Waals surface area contributed by atoms with E-state index in [1.54, 1.807) is 12.1 Å². The fourth-order valence-corrected chi connectivity index (χ4v) is 3.22. The van der Waals surface area contributed by atoms with E-state index in [0.717, 1.165) is 6.07 Å². The summed E-state index contributed by atoms with van der Waals surface area (Å²) >= 11 is 0. The molecule has 9 heteroatoms. The van der Waals surface area contributed by atoms with Crippen LogP contribution in [0.5, 0.6) is 0 Å². The van der Waals surface area contributed by atoms with Crippen LogP contribution in [0.1, 0.15) is 12.0 Å². The summed E-state index contributed by atoms with van der Waals surface area (Å²) in [5, 5.41) is 0. The number of rotatable bonds is 7. The fourth-order valence-electron chi connectivity index (χ4n) is 2.18. The van der Waals surface area contributed by atoms with Crippen LogP contribution in [0.2, 0.25) is 0 Å². The van der Waals surface area contributed by atoms with Crippen molar-refractivity contribution in [2.45, 2.75) is 17.9 Å². The molecule has 2 aromatic rings. The van der Waals surface area contributed by atoms with Crippen molar-refractivity contribution in [1.82, 2.24) is 9.62 Å². The van der Waals surface area contributed by atoms with Crippen molar-refractivity contribution in [3.8, 4) is 0 Å². The van der Waals surface area contributed by atoms with Crippen LogP contribution in [0.4, 0.5) is 13.2 Å². The molecule has 1 amide bonds. The monoisotopic (exact) mass is 386 g/mol. The van der Waals surface area contributed by atoms with Crippen LogP contribution in [0.25, 0.3) is 0 Å². The Morgan fingerprint density at radius 3 is 2.38 bits per heavy atom. The minimum atomic E-state index is -4.07. The summed E-state index contributed by atoms with van der Waals surface area (Å²) in [4.78, 5) is 12.9. The highest BCUT2D eigenvalue weighted by Crippen LogP contribution is 2.14. The molecule has 26 heavy (non-hydrogen) atoms. The summed E-state index contributed by atoms with van der Waals surface area (Å²) < 4.78 is 65.8. The molecule has 0 radical (unpaired) electrons. The Morgan fingerprint density at radius 2 is 1.73 bits per heavy atom. The van der Waals surface area contributed by atoms with Crippen molar-refractivity contribution in [2.24, 2.45) is 0 Å². The second-order valence-corrected chi connectivity index (χ2v) is 7.33. The first-order chi connectivity index (χ1) is 12.2. The molecule has 0 saturated carbocycles. The molecule has 5 nitrogen and oxygen atoms in total. The van der Waals surface area contributed by atoms with Gasteiger partial charge >= 0.3 is 0 Å². The molecule has 0 saturated heterocycles. The molecular formula is C17H17F3N2O3S. The zero-order chi connectivity index (χ0) is 19.3. The number of nitrogens with zero attached hydrogens (tertiary/aromatic N) is 1. The van der Waals surface area contributed by atoms with Crippen molar-refractivity contribution in [3.05, 3.63) is 65.5 Å². The highest BCUT2D eigenvalue weighted by Gasteiger charge is 2.18. The third-order valence-corrected chi connectivity index (χ3v) is 5.08. The molecule has 0 atom stereocenters. The lowest BCUT2D eigenvalue weighted by molar-refractivity contribution is -0.130. The quantitative estimate of drug-likeness (QED) is 0.795. The summed E-state index contributed by atoms with van der Waals surface area (Å²) in [5.41, 5.74) is 0.339. The number of benzene rings is 2. The molecule has 0 unspecified atom stereocenters. The first-order valence-electron chi connectivity index (χ1n) is 7.63. The van der Waals surface area contributed by atoms with Crippen molar-refractivity contribution in [1.29, 1.82) is 0 Å². The molecule has 0 aromatic heterocycles. The number of hydrogen-bond donors (Lipinski definition) is 1. The van der Waals surface area contributed by atoms with Crippen molar-refractivity contribution in [2.75, 3.05) is 13.6 Å². The van der Waals surface area contributed by atoms with Gasteiger partial charge in [0.2, 0.25) is 15.9 Å². The number of nitrogens with one attached hydrogen (secondary N) is 1. The zero-order valence-corrected chi connectivity index (χ0v) is 14.7. The first-order valence-corrected chi connectivity index (χ1v) is 9.11. The highest BCUT2D eigenvalue weighted by molar-refractivity contribution is 7.89. The van der Waals surface area contributed by atoms with Crippen molar-refractivity contribution < 1.29 is 26.4 Å². The Labute approximate surface area is 149 Å². The first kappa shape index (κ1) is 19.9. The second kappa shape index (κ2) is 8.33. The Hall–Kier alpha value is -2.39. The van der Waals surface area contributed by atoms with E-state index in [1.807, 2.05) is 0 Å². The van der Waals surface area contributed by atoms with Gasteiger partial charge in [0.15, 0.2) is 11.6 Å². The van der Waals surface area contributed by atoms with Gasteiger partial charge in [0.1, 0.15) is 5.82 Å². The van der Waals surface area contributed by atoms with Crippen LogP contribution in [0.15, 0.2) is 47.4 Å². The number of hydrogen-bond acceptors (Lipinski definition) is 3. The van der Waals surface area contributed by atoms with Crippen LogP contribution < -0.4 is 4.72 Å². The van der Waals surface area contributed by atoms with E-state index >= 15 is 0 Å². The molecule has 0 spiro atoms. The maximum atomic E-state index is 13.6. The van der Waals surface area contributed by atoms with Gasteiger partial charge in [0, 0.05) is 32.1 Å². The fraction of sp³-hybridized carbons (Fsp3) is 0.235.